The molecule has 192 valence electrons. The minimum absolute atomic E-state index is 0.115. The summed E-state index contributed by atoms with van der Waals surface area (Å²) in [5.41, 5.74) is 3.54. The van der Waals surface area contributed by atoms with E-state index in [1.807, 2.05) is 30.3 Å². The molecule has 3 aliphatic rings. The Morgan fingerprint density at radius 3 is 2.39 bits per heavy atom. The number of benzene rings is 3. The standard InChI is InChI=1S/C30H24O8/c1-33-24-11-16(12-25(34-2)30(24)35-3)10-23-28(32)19-8-9-22-27(29(19)38-23)20(14-26(31)37-22)18-13-17-6-4-5-7-21(17)36-15-18/h4-13,20H,14-15H2,1-3H3/b23-10-/t20-/m0/s1. The van der Waals surface area contributed by atoms with Crippen LogP contribution in [0.1, 0.15) is 39.4 Å². The predicted octanol–water partition coefficient (Wildman–Crippen LogP) is 5.20. The molecule has 3 aromatic carbocycles. The second-order valence-corrected chi connectivity index (χ2v) is 9.03. The van der Waals surface area contributed by atoms with Crippen LogP contribution in [-0.4, -0.2) is 39.7 Å². The van der Waals surface area contributed by atoms with Gasteiger partial charge in [0.25, 0.3) is 0 Å². The van der Waals surface area contributed by atoms with Crippen LogP contribution in [0.15, 0.2) is 59.9 Å². The van der Waals surface area contributed by atoms with Gasteiger partial charge >= 0.3 is 5.97 Å². The first-order chi connectivity index (χ1) is 18.5. The molecule has 0 saturated heterocycles. The van der Waals surface area contributed by atoms with Crippen LogP contribution in [0.3, 0.4) is 0 Å². The van der Waals surface area contributed by atoms with Gasteiger partial charge in [0.05, 0.1) is 33.3 Å². The van der Waals surface area contributed by atoms with Crippen molar-refractivity contribution < 1.29 is 38.0 Å². The van der Waals surface area contributed by atoms with E-state index in [9.17, 15) is 9.59 Å². The lowest BCUT2D eigenvalue weighted by atomic mass is 9.83. The van der Waals surface area contributed by atoms with E-state index in [0.29, 0.717) is 52.0 Å². The second-order valence-electron chi connectivity index (χ2n) is 9.03. The highest BCUT2D eigenvalue weighted by atomic mass is 16.5. The maximum absolute atomic E-state index is 13.4. The molecule has 0 N–H and O–H groups in total. The Balaban J connectivity index is 1.42. The number of fused-ring (bicyclic) bond motifs is 4. The molecule has 0 saturated carbocycles. The maximum atomic E-state index is 13.4. The molecule has 0 radical (unpaired) electrons. The Kier molecular flexibility index (Phi) is 5.79. The fourth-order valence-electron chi connectivity index (χ4n) is 5.09. The van der Waals surface area contributed by atoms with Crippen LogP contribution in [-0.2, 0) is 4.79 Å². The highest BCUT2D eigenvalue weighted by Crippen LogP contribution is 2.50. The fourth-order valence-corrected chi connectivity index (χ4v) is 5.09. The first kappa shape index (κ1) is 23.7. The number of Topliss-reactive ketones (excluding diaryl/α,β-unsaturated/α-hetero) is 1. The number of allylic oxidation sites excluding steroid dienone is 1. The van der Waals surface area contributed by atoms with E-state index in [2.05, 4.69) is 0 Å². The van der Waals surface area contributed by atoms with Crippen molar-refractivity contribution in [2.24, 2.45) is 0 Å². The van der Waals surface area contributed by atoms with Gasteiger partial charge in [-0.05, 0) is 53.6 Å². The average Bonchev–Trinajstić information content (AvgIpc) is 3.26. The van der Waals surface area contributed by atoms with Crippen LogP contribution in [0.25, 0.3) is 12.2 Å². The van der Waals surface area contributed by atoms with Gasteiger partial charge in [0.2, 0.25) is 11.5 Å². The number of esters is 1. The summed E-state index contributed by atoms with van der Waals surface area (Å²) >= 11 is 0. The Morgan fingerprint density at radius 1 is 0.895 bits per heavy atom. The number of carbonyl (C=O) groups is 2. The molecule has 3 heterocycles. The number of para-hydroxylation sites is 1. The first-order valence-corrected chi connectivity index (χ1v) is 12.0. The predicted molar refractivity (Wildman–Crippen MR) is 138 cm³/mol. The number of hydrogen-bond donors (Lipinski definition) is 0. The highest BCUT2D eigenvalue weighted by molar-refractivity contribution is 6.15. The Hall–Kier alpha value is -4.72. The van der Waals surface area contributed by atoms with Gasteiger partial charge in [-0.15, -0.1) is 0 Å². The lowest BCUT2D eigenvalue weighted by Crippen LogP contribution is -2.24. The molecule has 3 aromatic rings. The molecule has 38 heavy (non-hydrogen) atoms. The Labute approximate surface area is 219 Å². The van der Waals surface area contributed by atoms with Gasteiger partial charge in [-0.1, -0.05) is 18.2 Å². The minimum atomic E-state index is -0.358. The summed E-state index contributed by atoms with van der Waals surface area (Å²) in [5, 5.41) is 0. The summed E-state index contributed by atoms with van der Waals surface area (Å²) < 4.78 is 34.0. The van der Waals surface area contributed by atoms with Crippen LogP contribution in [0.4, 0.5) is 0 Å². The van der Waals surface area contributed by atoms with E-state index in [4.69, 9.17) is 28.4 Å². The number of ketones is 1. The van der Waals surface area contributed by atoms with Gasteiger partial charge in [-0.3, -0.25) is 9.59 Å². The SMILES string of the molecule is COc1cc(/C=C2\Oc3c(ccc4c3[C@H](C3=Cc5ccccc5OC3)CC(=O)O4)C2=O)cc(OC)c1OC. The van der Waals surface area contributed by atoms with E-state index >= 15 is 0 Å². The van der Waals surface area contributed by atoms with Gasteiger partial charge in [-0.25, -0.2) is 0 Å². The van der Waals surface area contributed by atoms with Crippen LogP contribution in [0.5, 0.6) is 34.5 Å². The topological polar surface area (TPSA) is 89.5 Å². The summed E-state index contributed by atoms with van der Waals surface area (Å²) in [6, 6.07) is 14.5. The van der Waals surface area contributed by atoms with E-state index in [0.717, 1.165) is 16.9 Å². The molecule has 1 atom stereocenters. The van der Waals surface area contributed by atoms with E-state index in [1.165, 1.54) is 21.3 Å². The van der Waals surface area contributed by atoms with Crippen LogP contribution < -0.4 is 28.4 Å². The molecule has 0 unspecified atom stereocenters. The molecule has 0 amide bonds. The molecular formula is C30H24O8. The van der Waals surface area contributed by atoms with Crippen molar-refractivity contribution in [3.8, 4) is 34.5 Å². The summed E-state index contributed by atoms with van der Waals surface area (Å²) in [5.74, 6) is 2.07. The second kappa shape index (κ2) is 9.30. The Morgan fingerprint density at radius 2 is 1.66 bits per heavy atom. The van der Waals surface area contributed by atoms with Crippen LogP contribution in [0.2, 0.25) is 0 Å². The van der Waals surface area contributed by atoms with Crippen molar-refractivity contribution in [2.45, 2.75) is 12.3 Å². The Bertz CT molecular complexity index is 1520. The monoisotopic (exact) mass is 512 g/mol. The zero-order valence-corrected chi connectivity index (χ0v) is 21.0. The summed E-state index contributed by atoms with van der Waals surface area (Å²) in [6.07, 6.45) is 3.78. The highest BCUT2D eigenvalue weighted by Gasteiger charge is 2.39. The number of methoxy groups -OCH3 is 3. The van der Waals surface area contributed by atoms with E-state index < -0.39 is 0 Å². The van der Waals surface area contributed by atoms with Crippen molar-refractivity contribution in [3.05, 3.63) is 82.1 Å². The molecule has 0 aromatic heterocycles. The van der Waals surface area contributed by atoms with Gasteiger partial charge in [0.1, 0.15) is 23.9 Å². The summed E-state index contributed by atoms with van der Waals surface area (Å²) in [7, 11) is 4.57. The number of ether oxygens (including phenoxy) is 6. The largest absolute Gasteiger partial charge is 0.493 e. The van der Waals surface area contributed by atoms with Crippen molar-refractivity contribution >= 4 is 23.9 Å². The zero-order chi connectivity index (χ0) is 26.4. The lowest BCUT2D eigenvalue weighted by molar-refractivity contribution is -0.135. The molecule has 6 rings (SSSR count). The van der Waals surface area contributed by atoms with E-state index in [1.54, 1.807) is 30.3 Å². The first-order valence-electron chi connectivity index (χ1n) is 12.0. The van der Waals surface area contributed by atoms with Crippen molar-refractivity contribution in [1.82, 2.24) is 0 Å². The molecule has 8 nitrogen and oxygen atoms in total. The number of hydrogen-bond acceptors (Lipinski definition) is 8. The van der Waals surface area contributed by atoms with Crippen molar-refractivity contribution in [1.29, 1.82) is 0 Å². The number of rotatable bonds is 5. The average molecular weight is 513 g/mol. The zero-order valence-electron chi connectivity index (χ0n) is 21.0. The normalized spacial score (nSPS) is 18.3. The molecular weight excluding hydrogens is 488 g/mol. The minimum Gasteiger partial charge on any atom is -0.493 e. The molecule has 3 aliphatic heterocycles. The summed E-state index contributed by atoms with van der Waals surface area (Å²) in [4.78, 5) is 25.9. The molecule has 8 heteroatoms. The van der Waals surface area contributed by atoms with E-state index in [-0.39, 0.29) is 29.9 Å². The quantitative estimate of drug-likeness (QED) is 0.262. The van der Waals surface area contributed by atoms with Gasteiger partial charge in [0, 0.05) is 17.0 Å². The summed E-state index contributed by atoms with van der Waals surface area (Å²) in [6.45, 7) is 0.320. The number of carbonyl (C=O) groups excluding carboxylic acids is 2. The molecule has 0 bridgehead atoms. The third-order valence-electron chi connectivity index (χ3n) is 6.87. The lowest BCUT2D eigenvalue weighted by Gasteiger charge is -2.30. The molecule has 0 fully saturated rings. The van der Waals surface area contributed by atoms with Crippen molar-refractivity contribution in [2.75, 3.05) is 27.9 Å². The van der Waals surface area contributed by atoms with Gasteiger partial charge in [0.15, 0.2) is 17.3 Å². The third-order valence-corrected chi connectivity index (χ3v) is 6.87. The third kappa shape index (κ3) is 3.85. The fraction of sp³-hybridized carbons (Fsp3) is 0.200. The van der Waals surface area contributed by atoms with Crippen LogP contribution in [0, 0.1) is 0 Å². The van der Waals surface area contributed by atoms with Crippen LogP contribution >= 0.6 is 0 Å². The van der Waals surface area contributed by atoms with Gasteiger partial charge < -0.3 is 28.4 Å². The van der Waals surface area contributed by atoms with Gasteiger partial charge in [-0.2, -0.15) is 0 Å². The molecule has 0 aliphatic carbocycles. The molecule has 0 spiro atoms. The van der Waals surface area contributed by atoms with Crippen molar-refractivity contribution in [3.63, 3.8) is 0 Å². The maximum Gasteiger partial charge on any atom is 0.312 e. The smallest absolute Gasteiger partial charge is 0.312 e.